The maximum Gasteiger partial charge on any atom is 0.173 e. The van der Waals surface area contributed by atoms with E-state index in [1.807, 2.05) is 0 Å². The Hall–Kier alpha value is -6.74. The summed E-state index contributed by atoms with van der Waals surface area (Å²) in [5, 5.41) is 9.20. The van der Waals surface area contributed by atoms with Crippen LogP contribution in [0.15, 0.2) is 206 Å². The van der Waals surface area contributed by atoms with Crippen molar-refractivity contribution in [3.05, 3.63) is 223 Å². The molecule has 9 aromatic carbocycles. The molecule has 0 spiro atoms. The molecule has 0 radical (unpaired) electrons. The van der Waals surface area contributed by atoms with Crippen molar-refractivity contribution in [2.75, 3.05) is 4.90 Å². The van der Waals surface area contributed by atoms with Crippen molar-refractivity contribution in [1.29, 1.82) is 0 Å². The first-order valence-electron chi connectivity index (χ1n) is 19.5. The van der Waals surface area contributed by atoms with E-state index in [4.69, 9.17) is 0 Å². The van der Waals surface area contributed by atoms with Crippen LogP contribution in [0.5, 0.6) is 0 Å². The number of fused-ring (bicyclic) bond motifs is 3. The van der Waals surface area contributed by atoms with Crippen LogP contribution in [-0.2, 0) is 0 Å². The summed E-state index contributed by atoms with van der Waals surface area (Å²) in [5.41, 5.74) is 14.9. The van der Waals surface area contributed by atoms with Gasteiger partial charge in [-0.05, 0) is 109 Å². The molecule has 0 amide bonds. The van der Waals surface area contributed by atoms with E-state index < -0.39 is 8.07 Å². The van der Waals surface area contributed by atoms with Crippen molar-refractivity contribution in [2.45, 2.75) is 13.8 Å². The zero-order valence-corrected chi connectivity index (χ0v) is 32.7. The minimum absolute atomic E-state index is 1.12. The summed E-state index contributed by atoms with van der Waals surface area (Å²) in [5.74, 6) is 0. The monoisotopic (exact) mass is 731 g/mol. The SMILES string of the molecule is Cc1ccc(-c2ccc(N(c3cccc4ccccc34)c3cccc4ccccc34)cc2)cc1-c1cc2c(cc1C)C=C[Si]2(c1ccccc1)c1ccccc1. The molecule has 0 aromatic heterocycles. The van der Waals surface area contributed by atoms with Gasteiger partial charge in [-0.2, -0.15) is 0 Å². The normalized spacial score (nSPS) is 12.9. The molecule has 2 heteroatoms. The van der Waals surface area contributed by atoms with Crippen LogP contribution < -0.4 is 20.5 Å². The first-order chi connectivity index (χ1) is 27.6. The van der Waals surface area contributed by atoms with Crippen molar-refractivity contribution in [2.24, 2.45) is 0 Å². The molecule has 9 aromatic rings. The Morgan fingerprint density at radius 2 is 0.929 bits per heavy atom. The maximum atomic E-state index is 2.54. The van der Waals surface area contributed by atoms with Gasteiger partial charge in [-0.15, -0.1) is 0 Å². The lowest BCUT2D eigenvalue weighted by Crippen LogP contribution is -2.65. The lowest BCUT2D eigenvalue weighted by molar-refractivity contribution is 1.31. The van der Waals surface area contributed by atoms with Gasteiger partial charge >= 0.3 is 0 Å². The molecular weight excluding hydrogens is 691 g/mol. The van der Waals surface area contributed by atoms with Gasteiger partial charge in [0.25, 0.3) is 0 Å². The molecule has 0 atom stereocenters. The zero-order chi connectivity index (χ0) is 37.6. The number of hydrogen-bond acceptors (Lipinski definition) is 1. The Morgan fingerprint density at radius 1 is 0.411 bits per heavy atom. The van der Waals surface area contributed by atoms with Crippen molar-refractivity contribution in [3.8, 4) is 22.3 Å². The molecule has 1 aliphatic heterocycles. The van der Waals surface area contributed by atoms with Crippen LogP contribution in [0.4, 0.5) is 17.1 Å². The van der Waals surface area contributed by atoms with Gasteiger partial charge in [0.1, 0.15) is 0 Å². The first kappa shape index (κ1) is 33.8. The number of benzene rings is 9. The molecule has 0 aliphatic carbocycles. The molecule has 56 heavy (non-hydrogen) atoms. The van der Waals surface area contributed by atoms with Crippen molar-refractivity contribution >= 4 is 68.3 Å². The largest absolute Gasteiger partial charge is 0.309 e. The van der Waals surface area contributed by atoms with E-state index in [1.165, 1.54) is 76.0 Å². The number of rotatable bonds is 7. The lowest BCUT2D eigenvalue weighted by Gasteiger charge is -2.29. The minimum Gasteiger partial charge on any atom is -0.309 e. The Morgan fingerprint density at radius 3 is 1.54 bits per heavy atom. The summed E-state index contributed by atoms with van der Waals surface area (Å²) in [6.45, 7) is 4.52. The zero-order valence-electron chi connectivity index (χ0n) is 31.7. The van der Waals surface area contributed by atoms with Crippen LogP contribution in [-0.4, -0.2) is 8.07 Å². The van der Waals surface area contributed by atoms with E-state index in [0.717, 1.165) is 17.1 Å². The smallest absolute Gasteiger partial charge is 0.173 e. The maximum absolute atomic E-state index is 2.54. The number of nitrogens with zero attached hydrogens (tertiary/aromatic N) is 1. The summed E-state index contributed by atoms with van der Waals surface area (Å²) < 4.78 is 0. The van der Waals surface area contributed by atoms with Crippen LogP contribution in [0.2, 0.25) is 0 Å². The third-order valence-electron chi connectivity index (χ3n) is 11.8. The fraction of sp³-hybridized carbons (Fsp3) is 0.0370. The van der Waals surface area contributed by atoms with Crippen molar-refractivity contribution < 1.29 is 0 Å². The molecule has 0 saturated carbocycles. The van der Waals surface area contributed by atoms with Crippen LogP contribution in [0.25, 0.3) is 49.9 Å². The van der Waals surface area contributed by atoms with E-state index in [1.54, 1.807) is 0 Å². The molecule has 0 fully saturated rings. The number of aryl methyl sites for hydroxylation is 2. The van der Waals surface area contributed by atoms with Gasteiger partial charge in [0.2, 0.25) is 0 Å². The van der Waals surface area contributed by atoms with E-state index in [-0.39, 0.29) is 0 Å². The third kappa shape index (κ3) is 5.61. The van der Waals surface area contributed by atoms with Crippen molar-refractivity contribution in [1.82, 2.24) is 0 Å². The Bertz CT molecular complexity index is 2800. The summed E-state index contributed by atoms with van der Waals surface area (Å²) in [6.07, 6.45) is 2.38. The van der Waals surface area contributed by atoms with Gasteiger partial charge in [-0.3, -0.25) is 0 Å². The third-order valence-corrected chi connectivity index (χ3v) is 16.2. The van der Waals surface area contributed by atoms with E-state index >= 15 is 0 Å². The van der Waals surface area contributed by atoms with Crippen LogP contribution in [0, 0.1) is 13.8 Å². The molecule has 0 N–H and O–H groups in total. The van der Waals surface area contributed by atoms with E-state index in [0.29, 0.717) is 0 Å². The Kier molecular flexibility index (Phi) is 8.35. The highest BCUT2D eigenvalue weighted by molar-refractivity contribution is 7.16. The first-order valence-corrected chi connectivity index (χ1v) is 21.6. The quantitative estimate of drug-likeness (QED) is 0.148. The second kappa shape index (κ2) is 13.8. The van der Waals surface area contributed by atoms with Gasteiger partial charge in [0.05, 0.1) is 11.4 Å². The summed E-state index contributed by atoms with van der Waals surface area (Å²) in [6, 6.07) is 74.0. The van der Waals surface area contributed by atoms with Crippen LogP contribution in [0.1, 0.15) is 16.7 Å². The lowest BCUT2D eigenvalue weighted by atomic mass is 9.92. The number of hydrogen-bond donors (Lipinski definition) is 0. The Balaban J connectivity index is 1.08. The second-order valence-electron chi connectivity index (χ2n) is 15.0. The average Bonchev–Trinajstić information content (AvgIpc) is 3.63. The summed E-state index contributed by atoms with van der Waals surface area (Å²) in [7, 11) is -2.38. The van der Waals surface area contributed by atoms with Gasteiger partial charge in [-0.25, -0.2) is 0 Å². The molecule has 0 saturated heterocycles. The molecule has 0 unspecified atom stereocenters. The molecular formula is C54H41NSi. The number of anilines is 3. The van der Waals surface area contributed by atoms with Gasteiger partial charge in [-0.1, -0.05) is 182 Å². The fourth-order valence-electron chi connectivity index (χ4n) is 8.99. The average molecular weight is 732 g/mol. The molecule has 1 nitrogen and oxygen atoms in total. The highest BCUT2D eigenvalue weighted by Gasteiger charge is 2.41. The highest BCUT2D eigenvalue weighted by atomic mass is 28.3. The van der Waals surface area contributed by atoms with Gasteiger partial charge in [0, 0.05) is 16.5 Å². The van der Waals surface area contributed by atoms with Crippen molar-refractivity contribution in [3.63, 3.8) is 0 Å². The standard InChI is InChI=1S/C54H41NSi/c1-38-27-28-43(36-50(38)51-37-54-44(35-39(51)2)33-34-56(54,46-19-5-3-6-20-46)47-21-7-4-8-22-47)40-29-31-45(32-30-40)55(52-25-13-17-41-15-9-11-23-48(41)52)53-26-14-18-42-16-10-12-24-49(42)53/h3-37H,1-2H3. The second-order valence-corrected chi connectivity index (χ2v) is 18.7. The fourth-order valence-corrected chi connectivity index (χ4v) is 13.4. The van der Waals surface area contributed by atoms with E-state index in [9.17, 15) is 0 Å². The predicted octanol–water partition coefficient (Wildman–Crippen LogP) is 12.4. The van der Waals surface area contributed by atoms with Crippen LogP contribution >= 0.6 is 0 Å². The van der Waals surface area contributed by atoms with Crippen LogP contribution in [0.3, 0.4) is 0 Å². The van der Waals surface area contributed by atoms with Gasteiger partial charge < -0.3 is 4.90 Å². The van der Waals surface area contributed by atoms with Gasteiger partial charge in [0.15, 0.2) is 8.07 Å². The minimum atomic E-state index is -2.38. The predicted molar refractivity (Wildman–Crippen MR) is 243 cm³/mol. The summed E-state index contributed by atoms with van der Waals surface area (Å²) >= 11 is 0. The molecule has 1 heterocycles. The molecule has 10 rings (SSSR count). The van der Waals surface area contributed by atoms with E-state index in [2.05, 4.69) is 231 Å². The molecule has 1 aliphatic rings. The molecule has 266 valence electrons. The Labute approximate surface area is 330 Å². The summed E-state index contributed by atoms with van der Waals surface area (Å²) in [4.78, 5) is 2.42. The highest BCUT2D eigenvalue weighted by Crippen LogP contribution is 2.43. The topological polar surface area (TPSA) is 3.24 Å². The molecule has 0 bridgehead atoms.